The second kappa shape index (κ2) is 9.29. The topological polar surface area (TPSA) is 81.9 Å². The molecular formula is C22H25ClN2O4. The molecule has 6 nitrogen and oxygen atoms in total. The first-order valence-electron chi connectivity index (χ1n) is 9.49. The lowest BCUT2D eigenvalue weighted by Gasteiger charge is -2.42. The molecule has 29 heavy (non-hydrogen) atoms. The summed E-state index contributed by atoms with van der Waals surface area (Å²) in [7, 11) is 0. The Kier molecular flexibility index (Phi) is 6.77. The maximum absolute atomic E-state index is 12.9. The van der Waals surface area contributed by atoms with E-state index in [1.807, 2.05) is 31.2 Å². The Morgan fingerprint density at radius 3 is 2.69 bits per heavy atom. The second-order valence-electron chi connectivity index (χ2n) is 7.40. The van der Waals surface area contributed by atoms with E-state index in [1.54, 1.807) is 29.2 Å². The molecule has 1 fully saturated rings. The number of benzene rings is 2. The standard InChI is InChI=1S/C22H25ClN2O4/c1-16-3-2-4-17(11-16)12-21(27)25-9-10-29-22(14-25,13-20(24)26)15-28-19-7-5-18(23)6-8-19/h2-8,11H,9-10,12-15H2,1H3,(H2,24,26). The summed E-state index contributed by atoms with van der Waals surface area (Å²) < 4.78 is 11.8. The summed E-state index contributed by atoms with van der Waals surface area (Å²) in [5, 5.41) is 0.603. The molecule has 2 aromatic carbocycles. The number of rotatable bonds is 7. The lowest BCUT2D eigenvalue weighted by atomic mass is 9.97. The number of hydrogen-bond acceptors (Lipinski definition) is 4. The van der Waals surface area contributed by atoms with Gasteiger partial charge in [-0.15, -0.1) is 0 Å². The highest BCUT2D eigenvalue weighted by Gasteiger charge is 2.40. The lowest BCUT2D eigenvalue weighted by Crippen LogP contribution is -2.58. The van der Waals surface area contributed by atoms with Crippen LogP contribution in [0.2, 0.25) is 5.02 Å². The Balaban J connectivity index is 1.70. The highest BCUT2D eigenvalue weighted by Crippen LogP contribution is 2.25. The molecule has 0 bridgehead atoms. The first kappa shape index (κ1) is 21.1. The number of nitrogens with two attached hydrogens (primary N) is 1. The van der Waals surface area contributed by atoms with Gasteiger partial charge in [-0.05, 0) is 36.8 Å². The molecule has 1 unspecified atom stereocenters. The van der Waals surface area contributed by atoms with Crippen LogP contribution in [0.4, 0.5) is 0 Å². The summed E-state index contributed by atoms with van der Waals surface area (Å²) in [6, 6.07) is 14.8. The van der Waals surface area contributed by atoms with Crippen molar-refractivity contribution in [3.05, 3.63) is 64.7 Å². The van der Waals surface area contributed by atoms with Crippen molar-refractivity contribution in [2.75, 3.05) is 26.3 Å². The smallest absolute Gasteiger partial charge is 0.227 e. The minimum absolute atomic E-state index is 0.0146. The van der Waals surface area contributed by atoms with Crippen molar-refractivity contribution in [3.63, 3.8) is 0 Å². The zero-order valence-electron chi connectivity index (χ0n) is 16.4. The normalized spacial score (nSPS) is 19.0. The number of halogens is 1. The highest BCUT2D eigenvalue weighted by atomic mass is 35.5. The fourth-order valence-electron chi connectivity index (χ4n) is 3.47. The number of morpholine rings is 1. The van der Waals surface area contributed by atoms with Crippen molar-refractivity contribution in [1.29, 1.82) is 0 Å². The molecule has 0 aromatic heterocycles. The van der Waals surface area contributed by atoms with Crippen LogP contribution < -0.4 is 10.5 Å². The van der Waals surface area contributed by atoms with E-state index in [2.05, 4.69) is 0 Å². The van der Waals surface area contributed by atoms with Crippen molar-refractivity contribution in [3.8, 4) is 5.75 Å². The van der Waals surface area contributed by atoms with Gasteiger partial charge < -0.3 is 20.1 Å². The Bertz CT molecular complexity index is 871. The Morgan fingerprint density at radius 1 is 1.24 bits per heavy atom. The van der Waals surface area contributed by atoms with Gasteiger partial charge in [0.25, 0.3) is 0 Å². The molecule has 1 atom stereocenters. The molecule has 2 amide bonds. The molecule has 0 aliphatic carbocycles. The van der Waals surface area contributed by atoms with Gasteiger partial charge in [0.05, 0.1) is 26.0 Å². The highest BCUT2D eigenvalue weighted by molar-refractivity contribution is 6.30. The predicted molar refractivity (Wildman–Crippen MR) is 111 cm³/mol. The van der Waals surface area contributed by atoms with Crippen LogP contribution in [0.5, 0.6) is 5.75 Å². The van der Waals surface area contributed by atoms with Gasteiger partial charge in [0.1, 0.15) is 18.0 Å². The summed E-state index contributed by atoms with van der Waals surface area (Å²) >= 11 is 5.90. The average Bonchev–Trinajstić information content (AvgIpc) is 2.67. The summed E-state index contributed by atoms with van der Waals surface area (Å²) in [6.45, 7) is 3.12. The summed E-state index contributed by atoms with van der Waals surface area (Å²) in [4.78, 5) is 26.3. The predicted octanol–water partition coefficient (Wildman–Crippen LogP) is 2.74. The number of carbonyl (C=O) groups is 2. The lowest BCUT2D eigenvalue weighted by molar-refractivity contribution is -0.161. The Hall–Kier alpha value is -2.57. The van der Waals surface area contributed by atoms with Gasteiger partial charge in [0.15, 0.2) is 0 Å². The summed E-state index contributed by atoms with van der Waals surface area (Å²) in [5.74, 6) is 0.0852. The molecule has 1 aliphatic heterocycles. The number of aryl methyl sites for hydroxylation is 1. The number of nitrogens with zero attached hydrogens (tertiary/aromatic N) is 1. The van der Waals surface area contributed by atoms with E-state index in [0.29, 0.717) is 30.3 Å². The summed E-state index contributed by atoms with van der Waals surface area (Å²) in [5.41, 5.74) is 6.55. The molecule has 0 radical (unpaired) electrons. The number of ether oxygens (including phenoxy) is 2. The molecule has 1 heterocycles. The van der Waals surface area contributed by atoms with Gasteiger partial charge in [-0.1, -0.05) is 41.4 Å². The minimum Gasteiger partial charge on any atom is -0.490 e. The van der Waals surface area contributed by atoms with Crippen LogP contribution in [0.3, 0.4) is 0 Å². The van der Waals surface area contributed by atoms with Crippen molar-refractivity contribution >= 4 is 23.4 Å². The third kappa shape index (κ3) is 5.95. The van der Waals surface area contributed by atoms with Crippen LogP contribution in [0.1, 0.15) is 17.5 Å². The van der Waals surface area contributed by atoms with E-state index in [1.165, 1.54) is 0 Å². The zero-order chi connectivity index (χ0) is 20.9. The molecule has 2 N–H and O–H groups in total. The average molecular weight is 417 g/mol. The van der Waals surface area contributed by atoms with Gasteiger partial charge in [0.2, 0.25) is 11.8 Å². The molecule has 1 aliphatic rings. The van der Waals surface area contributed by atoms with E-state index < -0.39 is 11.5 Å². The Labute approximate surface area is 175 Å². The van der Waals surface area contributed by atoms with Gasteiger partial charge >= 0.3 is 0 Å². The molecule has 154 valence electrons. The quantitative estimate of drug-likeness (QED) is 0.752. The van der Waals surface area contributed by atoms with Crippen LogP contribution >= 0.6 is 11.6 Å². The van der Waals surface area contributed by atoms with Crippen LogP contribution in [-0.2, 0) is 20.7 Å². The second-order valence-corrected chi connectivity index (χ2v) is 7.83. The van der Waals surface area contributed by atoms with Gasteiger partial charge in [-0.25, -0.2) is 0 Å². The van der Waals surface area contributed by atoms with Crippen LogP contribution in [0.25, 0.3) is 0 Å². The minimum atomic E-state index is -0.980. The van der Waals surface area contributed by atoms with Gasteiger partial charge in [-0.2, -0.15) is 0 Å². The SMILES string of the molecule is Cc1cccc(CC(=O)N2CCOC(COc3ccc(Cl)cc3)(CC(N)=O)C2)c1. The Morgan fingerprint density at radius 2 is 2.00 bits per heavy atom. The monoisotopic (exact) mass is 416 g/mol. The van der Waals surface area contributed by atoms with E-state index in [9.17, 15) is 9.59 Å². The number of carbonyl (C=O) groups excluding carboxylic acids is 2. The molecule has 0 spiro atoms. The van der Waals surface area contributed by atoms with Gasteiger partial charge in [-0.3, -0.25) is 9.59 Å². The molecule has 3 rings (SSSR count). The molecule has 2 aromatic rings. The van der Waals surface area contributed by atoms with Crippen molar-refractivity contribution in [2.24, 2.45) is 5.73 Å². The van der Waals surface area contributed by atoms with Crippen LogP contribution in [0.15, 0.2) is 48.5 Å². The molecular weight excluding hydrogens is 392 g/mol. The van der Waals surface area contributed by atoms with E-state index in [4.69, 9.17) is 26.8 Å². The van der Waals surface area contributed by atoms with Crippen LogP contribution in [0, 0.1) is 6.92 Å². The van der Waals surface area contributed by atoms with E-state index in [-0.39, 0.29) is 25.5 Å². The number of amides is 2. The molecule has 7 heteroatoms. The molecule has 1 saturated heterocycles. The zero-order valence-corrected chi connectivity index (χ0v) is 17.2. The number of hydrogen-bond donors (Lipinski definition) is 1. The number of primary amides is 1. The third-order valence-corrected chi connectivity index (χ3v) is 5.10. The fraction of sp³-hybridized carbons (Fsp3) is 0.364. The first-order chi connectivity index (χ1) is 13.8. The third-order valence-electron chi connectivity index (χ3n) is 4.85. The largest absolute Gasteiger partial charge is 0.490 e. The van der Waals surface area contributed by atoms with Crippen molar-refractivity contribution in [1.82, 2.24) is 4.90 Å². The maximum Gasteiger partial charge on any atom is 0.227 e. The fourth-order valence-corrected chi connectivity index (χ4v) is 3.60. The van der Waals surface area contributed by atoms with Crippen molar-refractivity contribution < 1.29 is 19.1 Å². The van der Waals surface area contributed by atoms with Crippen LogP contribution in [-0.4, -0.2) is 48.6 Å². The molecule has 0 saturated carbocycles. The maximum atomic E-state index is 12.9. The van der Waals surface area contributed by atoms with Crippen molar-refractivity contribution in [2.45, 2.75) is 25.4 Å². The van der Waals surface area contributed by atoms with Gasteiger partial charge in [0, 0.05) is 11.6 Å². The van der Waals surface area contributed by atoms with E-state index in [0.717, 1.165) is 11.1 Å². The van der Waals surface area contributed by atoms with E-state index >= 15 is 0 Å². The first-order valence-corrected chi connectivity index (χ1v) is 9.87. The summed E-state index contributed by atoms with van der Waals surface area (Å²) in [6.07, 6.45) is 0.265.